The van der Waals surface area contributed by atoms with Gasteiger partial charge in [0.05, 0.1) is 5.69 Å². The first-order chi connectivity index (χ1) is 16.9. The van der Waals surface area contributed by atoms with Crippen molar-refractivity contribution in [2.75, 3.05) is 11.9 Å². The van der Waals surface area contributed by atoms with Crippen LogP contribution in [0.2, 0.25) is 0 Å². The van der Waals surface area contributed by atoms with Gasteiger partial charge in [0.15, 0.2) is 5.69 Å². The number of carbonyl (C=O) groups is 3. The summed E-state index contributed by atoms with van der Waals surface area (Å²) in [4.78, 5) is 36.3. The van der Waals surface area contributed by atoms with Gasteiger partial charge in [-0.15, -0.1) is 0 Å². The molecule has 9 nitrogen and oxygen atoms in total. The van der Waals surface area contributed by atoms with Crippen LogP contribution in [-0.2, 0) is 16.6 Å². The largest absolute Gasteiger partial charge is 0.481 e. The number of benzene rings is 2. The summed E-state index contributed by atoms with van der Waals surface area (Å²) in [7, 11) is 1.64. The number of carboxylic acid groups (broad SMARTS) is 1. The number of carbonyl (C=O) groups excluding carboxylic acids is 2. The molecule has 0 spiro atoms. The summed E-state index contributed by atoms with van der Waals surface area (Å²) >= 11 is 0. The van der Waals surface area contributed by atoms with Crippen molar-refractivity contribution in [1.29, 1.82) is 0 Å². The van der Waals surface area contributed by atoms with Crippen molar-refractivity contribution in [3.8, 4) is 11.1 Å². The maximum atomic E-state index is 12.8. The van der Waals surface area contributed by atoms with E-state index in [1.807, 2.05) is 43.3 Å². The number of carboxylic acids is 1. The van der Waals surface area contributed by atoms with Crippen molar-refractivity contribution in [2.24, 2.45) is 7.05 Å². The Hall–Kier alpha value is -4.14. The molecule has 3 N–H and O–H groups in total. The monoisotopic (exact) mass is 476 g/mol. The number of nitrogens with zero attached hydrogens (tertiary/aromatic N) is 2. The summed E-state index contributed by atoms with van der Waals surface area (Å²) in [5, 5.41) is 18.5. The van der Waals surface area contributed by atoms with Crippen LogP contribution in [0.5, 0.6) is 0 Å². The zero-order valence-corrected chi connectivity index (χ0v) is 19.7. The second-order valence-corrected chi connectivity index (χ2v) is 8.53. The molecule has 0 aliphatic heterocycles. The van der Waals surface area contributed by atoms with E-state index in [2.05, 4.69) is 27.9 Å². The lowest BCUT2D eigenvalue weighted by molar-refractivity contribution is -0.137. The molecule has 1 unspecified atom stereocenters. The van der Waals surface area contributed by atoms with Gasteiger partial charge in [-0.25, -0.2) is 4.79 Å². The molecular weight excluding hydrogens is 448 g/mol. The normalized spacial score (nSPS) is 13.0. The quantitative estimate of drug-likeness (QED) is 0.426. The van der Waals surface area contributed by atoms with Crippen molar-refractivity contribution in [1.82, 2.24) is 15.1 Å². The number of fused-ring (bicyclic) bond motifs is 3. The minimum absolute atomic E-state index is 0.0368. The molecule has 0 fully saturated rings. The van der Waals surface area contributed by atoms with Crippen LogP contribution in [0, 0.1) is 0 Å². The lowest BCUT2D eigenvalue weighted by atomic mass is 9.98. The van der Waals surface area contributed by atoms with Crippen LogP contribution >= 0.6 is 0 Å². The number of aromatic nitrogens is 2. The van der Waals surface area contributed by atoms with Gasteiger partial charge in [-0.3, -0.25) is 19.6 Å². The molecule has 1 aliphatic rings. The zero-order chi connectivity index (χ0) is 24.9. The van der Waals surface area contributed by atoms with E-state index in [1.54, 1.807) is 7.05 Å². The van der Waals surface area contributed by atoms with Crippen LogP contribution < -0.4 is 10.6 Å². The smallest absolute Gasteiger partial charge is 0.411 e. The SMILES string of the molecule is CCC(CCC(=O)O)NC(=O)c1nn(C)cc1NC(=O)OCC1c2ccccc2-c2ccccc21. The van der Waals surface area contributed by atoms with Crippen molar-refractivity contribution in [2.45, 2.75) is 38.1 Å². The first-order valence-electron chi connectivity index (χ1n) is 11.6. The van der Waals surface area contributed by atoms with Gasteiger partial charge in [0.1, 0.15) is 6.61 Å². The van der Waals surface area contributed by atoms with Crippen molar-refractivity contribution in [3.63, 3.8) is 0 Å². The van der Waals surface area contributed by atoms with Crippen molar-refractivity contribution < 1.29 is 24.2 Å². The van der Waals surface area contributed by atoms with Crippen molar-refractivity contribution in [3.05, 3.63) is 71.5 Å². The van der Waals surface area contributed by atoms with E-state index in [1.165, 1.54) is 10.9 Å². The Morgan fingerprint density at radius 2 is 1.71 bits per heavy atom. The highest BCUT2D eigenvalue weighted by molar-refractivity contribution is 6.01. The molecule has 3 aromatic rings. The van der Waals surface area contributed by atoms with Crippen LogP contribution in [0.25, 0.3) is 11.1 Å². The van der Waals surface area contributed by atoms with Crippen LogP contribution in [0.4, 0.5) is 10.5 Å². The highest BCUT2D eigenvalue weighted by Gasteiger charge is 2.29. The van der Waals surface area contributed by atoms with Crippen LogP contribution in [-0.4, -0.2) is 45.5 Å². The fourth-order valence-corrected chi connectivity index (χ4v) is 4.42. The fourth-order valence-electron chi connectivity index (χ4n) is 4.42. The molecule has 0 saturated heterocycles. The summed E-state index contributed by atoms with van der Waals surface area (Å²) in [5.41, 5.74) is 4.74. The summed E-state index contributed by atoms with van der Waals surface area (Å²) < 4.78 is 6.99. The predicted octanol–water partition coefficient (Wildman–Crippen LogP) is 4.15. The Bertz CT molecular complexity index is 1210. The first-order valence-corrected chi connectivity index (χ1v) is 11.6. The Morgan fingerprint density at radius 3 is 2.31 bits per heavy atom. The number of aryl methyl sites for hydroxylation is 1. The van der Waals surface area contributed by atoms with Crippen LogP contribution in [0.3, 0.4) is 0 Å². The molecular formula is C26H28N4O5. The van der Waals surface area contributed by atoms with Gasteiger partial charge in [-0.05, 0) is 35.1 Å². The molecule has 35 heavy (non-hydrogen) atoms. The fraction of sp³-hybridized carbons (Fsp3) is 0.308. The van der Waals surface area contributed by atoms with Gasteiger partial charge < -0.3 is 15.2 Å². The van der Waals surface area contributed by atoms with Crippen molar-refractivity contribution >= 4 is 23.7 Å². The molecule has 0 radical (unpaired) electrons. The average molecular weight is 477 g/mol. The van der Waals surface area contributed by atoms with E-state index in [0.717, 1.165) is 22.3 Å². The molecule has 0 saturated carbocycles. The maximum absolute atomic E-state index is 12.8. The van der Waals surface area contributed by atoms with Gasteiger partial charge in [0.2, 0.25) is 0 Å². The predicted molar refractivity (Wildman–Crippen MR) is 130 cm³/mol. The van der Waals surface area contributed by atoms with Gasteiger partial charge in [-0.1, -0.05) is 55.5 Å². The van der Waals surface area contributed by atoms with E-state index in [-0.39, 0.29) is 36.4 Å². The standard InChI is InChI=1S/C26H28N4O5/c1-3-16(12-13-23(31)32)27-25(33)24-22(14-30(2)29-24)28-26(34)35-15-21-19-10-6-4-8-17(19)18-9-5-7-11-20(18)21/h4-11,14,16,21H,3,12-13,15H2,1-2H3,(H,27,33)(H,28,34)(H,31,32). The van der Waals surface area contributed by atoms with E-state index in [9.17, 15) is 14.4 Å². The Kier molecular flexibility index (Phi) is 7.14. The zero-order valence-electron chi connectivity index (χ0n) is 19.7. The number of aliphatic carboxylic acids is 1. The number of nitrogens with one attached hydrogen (secondary N) is 2. The minimum Gasteiger partial charge on any atom is -0.481 e. The van der Waals surface area contributed by atoms with Gasteiger partial charge >= 0.3 is 12.1 Å². The van der Waals surface area contributed by atoms with E-state index in [0.29, 0.717) is 12.8 Å². The number of amides is 2. The molecule has 0 bridgehead atoms. The topological polar surface area (TPSA) is 123 Å². The Labute approximate surface area is 203 Å². The van der Waals surface area contributed by atoms with Gasteiger partial charge in [0.25, 0.3) is 5.91 Å². The van der Waals surface area contributed by atoms with Crippen LogP contribution in [0.15, 0.2) is 54.7 Å². The third kappa shape index (κ3) is 5.34. The Morgan fingerprint density at radius 1 is 1.09 bits per heavy atom. The lowest BCUT2D eigenvalue weighted by Gasteiger charge is -2.16. The maximum Gasteiger partial charge on any atom is 0.411 e. The third-order valence-corrected chi connectivity index (χ3v) is 6.16. The molecule has 2 amide bonds. The summed E-state index contributed by atoms with van der Waals surface area (Å²) in [6, 6.07) is 15.8. The second kappa shape index (κ2) is 10.4. The number of rotatable bonds is 9. The van der Waals surface area contributed by atoms with E-state index >= 15 is 0 Å². The molecule has 4 rings (SSSR count). The number of ether oxygens (including phenoxy) is 1. The van der Waals surface area contributed by atoms with Gasteiger partial charge in [0, 0.05) is 31.6 Å². The number of hydrogen-bond donors (Lipinski definition) is 3. The molecule has 1 aromatic heterocycles. The average Bonchev–Trinajstić information content (AvgIpc) is 3.37. The summed E-state index contributed by atoms with van der Waals surface area (Å²) in [5.74, 6) is -1.49. The Balaban J connectivity index is 1.42. The van der Waals surface area contributed by atoms with E-state index < -0.39 is 18.0 Å². The van der Waals surface area contributed by atoms with Crippen LogP contribution in [0.1, 0.15) is 53.7 Å². The highest BCUT2D eigenvalue weighted by Crippen LogP contribution is 2.44. The number of hydrogen-bond acceptors (Lipinski definition) is 5. The highest BCUT2D eigenvalue weighted by atomic mass is 16.5. The van der Waals surface area contributed by atoms with E-state index in [4.69, 9.17) is 9.84 Å². The molecule has 9 heteroatoms. The summed E-state index contributed by atoms with van der Waals surface area (Å²) in [6.45, 7) is 2.01. The minimum atomic E-state index is -0.923. The molecule has 1 atom stereocenters. The first kappa shape index (κ1) is 24.0. The lowest BCUT2D eigenvalue weighted by Crippen LogP contribution is -2.35. The molecule has 182 valence electrons. The molecule has 1 heterocycles. The third-order valence-electron chi connectivity index (χ3n) is 6.16. The second-order valence-electron chi connectivity index (χ2n) is 8.53. The number of anilines is 1. The molecule has 2 aromatic carbocycles. The van der Waals surface area contributed by atoms with Gasteiger partial charge in [-0.2, -0.15) is 5.10 Å². The summed E-state index contributed by atoms with van der Waals surface area (Å²) in [6.07, 6.45) is 1.66. The molecule has 1 aliphatic carbocycles.